The summed E-state index contributed by atoms with van der Waals surface area (Å²) in [6.45, 7) is 4.05. The fourth-order valence-corrected chi connectivity index (χ4v) is 1.85. The van der Waals surface area contributed by atoms with Crippen LogP contribution in [0.25, 0.3) is 0 Å². The highest BCUT2D eigenvalue weighted by molar-refractivity contribution is 7.80. The Morgan fingerprint density at radius 1 is 1.15 bits per heavy atom. The molecule has 5 heteroatoms. The lowest BCUT2D eigenvalue weighted by molar-refractivity contribution is 0.0750. The molecule has 0 radical (unpaired) electrons. The number of benzene rings is 1. The molecule has 0 spiro atoms. The average Bonchev–Trinajstić information content (AvgIpc) is 2.38. The lowest BCUT2D eigenvalue weighted by Crippen LogP contribution is -2.38. The highest BCUT2D eigenvalue weighted by Gasteiger charge is 2.15. The average molecular weight is 293 g/mol. The zero-order valence-corrected chi connectivity index (χ0v) is 13.2. The van der Waals surface area contributed by atoms with Gasteiger partial charge in [0.15, 0.2) is 0 Å². The molecular formula is C15H23N3OS. The number of hydrogen-bond donors (Lipinski definition) is 1. The number of nitrogens with zero attached hydrogens (tertiary/aromatic N) is 2. The lowest BCUT2D eigenvalue weighted by Gasteiger charge is -2.24. The Labute approximate surface area is 126 Å². The molecule has 0 aromatic heterocycles. The number of thiocarbonyl (C=S) groups is 1. The summed E-state index contributed by atoms with van der Waals surface area (Å²) in [7, 11) is 3.98. The van der Waals surface area contributed by atoms with E-state index in [1.54, 1.807) is 0 Å². The Balaban J connectivity index is 2.76. The molecule has 20 heavy (non-hydrogen) atoms. The van der Waals surface area contributed by atoms with Crippen LogP contribution in [0.3, 0.4) is 0 Å². The number of rotatable bonds is 7. The van der Waals surface area contributed by atoms with Gasteiger partial charge in [0, 0.05) is 31.6 Å². The molecule has 0 aliphatic heterocycles. The summed E-state index contributed by atoms with van der Waals surface area (Å²) < 4.78 is 0. The van der Waals surface area contributed by atoms with Crippen molar-refractivity contribution in [2.45, 2.75) is 13.3 Å². The van der Waals surface area contributed by atoms with E-state index in [-0.39, 0.29) is 5.91 Å². The van der Waals surface area contributed by atoms with E-state index in [0.717, 1.165) is 12.1 Å². The molecule has 1 rings (SSSR count). The molecule has 4 nitrogen and oxygen atoms in total. The van der Waals surface area contributed by atoms with E-state index in [2.05, 4.69) is 4.90 Å². The van der Waals surface area contributed by atoms with Crippen LogP contribution in [-0.4, -0.2) is 54.4 Å². The van der Waals surface area contributed by atoms with Crippen LogP contribution in [0, 0.1) is 6.92 Å². The molecule has 0 atom stereocenters. The van der Waals surface area contributed by atoms with Gasteiger partial charge in [0.2, 0.25) is 0 Å². The van der Waals surface area contributed by atoms with Crippen molar-refractivity contribution in [3.05, 3.63) is 35.4 Å². The second kappa shape index (κ2) is 7.97. The maximum Gasteiger partial charge on any atom is 0.253 e. The van der Waals surface area contributed by atoms with E-state index >= 15 is 0 Å². The Kier molecular flexibility index (Phi) is 6.61. The minimum Gasteiger partial charge on any atom is -0.393 e. The number of carbonyl (C=O) groups excluding carboxylic acids is 1. The fraction of sp³-hybridized carbons (Fsp3) is 0.467. The van der Waals surface area contributed by atoms with Crippen molar-refractivity contribution < 1.29 is 4.79 Å². The van der Waals surface area contributed by atoms with Gasteiger partial charge in [-0.1, -0.05) is 29.9 Å². The molecular weight excluding hydrogens is 270 g/mol. The number of aryl methyl sites for hydroxylation is 1. The highest BCUT2D eigenvalue weighted by atomic mass is 32.1. The molecule has 0 unspecified atom stereocenters. The van der Waals surface area contributed by atoms with E-state index in [9.17, 15) is 4.79 Å². The van der Waals surface area contributed by atoms with Crippen LogP contribution >= 0.6 is 12.2 Å². The maximum absolute atomic E-state index is 12.5. The van der Waals surface area contributed by atoms with Crippen LogP contribution in [0.2, 0.25) is 0 Å². The van der Waals surface area contributed by atoms with Crippen molar-refractivity contribution in [1.82, 2.24) is 9.80 Å². The number of carbonyl (C=O) groups is 1. The molecule has 1 amide bonds. The predicted molar refractivity (Wildman–Crippen MR) is 87.0 cm³/mol. The van der Waals surface area contributed by atoms with E-state index in [4.69, 9.17) is 18.0 Å². The second-order valence-corrected chi connectivity index (χ2v) is 5.70. The molecule has 1 aromatic carbocycles. The first-order chi connectivity index (χ1) is 9.40. The van der Waals surface area contributed by atoms with Crippen LogP contribution in [0.15, 0.2) is 24.3 Å². The summed E-state index contributed by atoms with van der Waals surface area (Å²) in [5.74, 6) is 0.0306. The molecule has 1 aromatic rings. The summed E-state index contributed by atoms with van der Waals surface area (Å²) in [6.07, 6.45) is 0.556. The first-order valence-electron chi connectivity index (χ1n) is 6.69. The van der Waals surface area contributed by atoms with Gasteiger partial charge in [0.05, 0.1) is 4.99 Å². The van der Waals surface area contributed by atoms with E-state index in [1.165, 1.54) is 0 Å². The van der Waals surface area contributed by atoms with Crippen LogP contribution in [0.1, 0.15) is 22.3 Å². The zero-order valence-electron chi connectivity index (χ0n) is 12.4. The van der Waals surface area contributed by atoms with Crippen molar-refractivity contribution in [3.63, 3.8) is 0 Å². The van der Waals surface area contributed by atoms with Gasteiger partial charge in [-0.15, -0.1) is 0 Å². The van der Waals surface area contributed by atoms with Crippen LogP contribution < -0.4 is 5.73 Å². The topological polar surface area (TPSA) is 49.6 Å². The molecule has 0 aliphatic carbocycles. The zero-order chi connectivity index (χ0) is 15.1. The van der Waals surface area contributed by atoms with Crippen molar-refractivity contribution in [2.24, 2.45) is 5.73 Å². The highest BCUT2D eigenvalue weighted by Crippen LogP contribution is 2.08. The largest absolute Gasteiger partial charge is 0.393 e. The monoisotopic (exact) mass is 293 g/mol. The Morgan fingerprint density at radius 3 is 2.25 bits per heavy atom. The third kappa shape index (κ3) is 5.67. The molecule has 0 fully saturated rings. The lowest BCUT2D eigenvalue weighted by atomic mass is 10.1. The number of hydrogen-bond acceptors (Lipinski definition) is 3. The number of nitrogens with two attached hydrogens (primary N) is 1. The normalized spacial score (nSPS) is 10.6. The van der Waals surface area contributed by atoms with Gasteiger partial charge < -0.3 is 15.5 Å². The molecule has 110 valence electrons. The SMILES string of the molecule is Cc1ccc(C(=O)N(CCC(N)=S)CCN(C)C)cc1. The second-order valence-electron chi connectivity index (χ2n) is 5.18. The van der Waals surface area contributed by atoms with Gasteiger partial charge in [-0.25, -0.2) is 0 Å². The summed E-state index contributed by atoms with van der Waals surface area (Å²) in [6, 6.07) is 7.62. The van der Waals surface area contributed by atoms with Gasteiger partial charge in [-0.3, -0.25) is 4.79 Å². The number of likely N-dealkylation sites (N-methyl/N-ethyl adjacent to an activating group) is 1. The predicted octanol–water partition coefficient (Wildman–Crippen LogP) is 1.68. The third-order valence-corrected chi connectivity index (χ3v) is 3.24. The van der Waals surface area contributed by atoms with Crippen molar-refractivity contribution in [3.8, 4) is 0 Å². The summed E-state index contributed by atoms with van der Waals surface area (Å²) in [5.41, 5.74) is 7.39. The molecule has 0 heterocycles. The quantitative estimate of drug-likeness (QED) is 0.777. The standard InChI is InChI=1S/C15H23N3OS/c1-12-4-6-13(7-5-12)15(19)18(9-8-14(16)20)11-10-17(2)3/h4-7H,8-11H2,1-3H3,(H2,16,20). The van der Waals surface area contributed by atoms with Gasteiger partial charge in [-0.05, 0) is 33.2 Å². The van der Waals surface area contributed by atoms with Gasteiger partial charge in [0.1, 0.15) is 0 Å². The maximum atomic E-state index is 12.5. The fourth-order valence-electron chi connectivity index (χ4n) is 1.76. The Morgan fingerprint density at radius 2 is 1.75 bits per heavy atom. The van der Waals surface area contributed by atoms with Crippen LogP contribution in [0.5, 0.6) is 0 Å². The summed E-state index contributed by atoms with van der Waals surface area (Å²) in [5, 5.41) is 0. The van der Waals surface area contributed by atoms with E-state index < -0.39 is 0 Å². The van der Waals surface area contributed by atoms with Gasteiger partial charge >= 0.3 is 0 Å². The third-order valence-electron chi connectivity index (χ3n) is 3.03. The molecule has 2 N–H and O–H groups in total. The molecule has 0 bridgehead atoms. The summed E-state index contributed by atoms with van der Waals surface area (Å²) in [4.78, 5) is 16.8. The van der Waals surface area contributed by atoms with Crippen molar-refractivity contribution in [1.29, 1.82) is 0 Å². The molecule has 0 saturated carbocycles. The molecule has 0 aliphatic rings. The van der Waals surface area contributed by atoms with E-state index in [0.29, 0.717) is 30.1 Å². The van der Waals surface area contributed by atoms with E-state index in [1.807, 2.05) is 50.2 Å². The van der Waals surface area contributed by atoms with Crippen molar-refractivity contribution >= 4 is 23.1 Å². The van der Waals surface area contributed by atoms with Gasteiger partial charge in [0.25, 0.3) is 5.91 Å². The Hall–Kier alpha value is -1.46. The Bertz CT molecular complexity index is 457. The van der Waals surface area contributed by atoms with Gasteiger partial charge in [-0.2, -0.15) is 0 Å². The molecule has 0 saturated heterocycles. The first-order valence-corrected chi connectivity index (χ1v) is 7.10. The minimum absolute atomic E-state index is 0.0306. The minimum atomic E-state index is 0.0306. The number of amides is 1. The first kappa shape index (κ1) is 16.6. The van der Waals surface area contributed by atoms with Crippen LogP contribution in [-0.2, 0) is 0 Å². The smallest absolute Gasteiger partial charge is 0.253 e. The summed E-state index contributed by atoms with van der Waals surface area (Å²) >= 11 is 4.90. The van der Waals surface area contributed by atoms with Crippen molar-refractivity contribution in [2.75, 3.05) is 33.7 Å². The van der Waals surface area contributed by atoms with Crippen LogP contribution in [0.4, 0.5) is 0 Å².